The van der Waals surface area contributed by atoms with Gasteiger partial charge in [0.05, 0.1) is 0 Å². The molecule has 1 aliphatic rings. The third kappa shape index (κ3) is 2.82. The van der Waals surface area contributed by atoms with Gasteiger partial charge < -0.3 is 0 Å². The molecule has 0 atom stereocenters. The molecular weight excluding hydrogens is 360 g/mol. The lowest BCUT2D eigenvalue weighted by molar-refractivity contribution is 0.868. The van der Waals surface area contributed by atoms with Crippen LogP contribution in [0.25, 0.3) is 22.3 Å². The predicted molar refractivity (Wildman–Crippen MR) is 127 cm³/mol. The van der Waals surface area contributed by atoms with Crippen LogP contribution < -0.4 is 0 Å². The molecule has 0 aromatic heterocycles. The first kappa shape index (κ1) is 18.9. The van der Waals surface area contributed by atoms with Gasteiger partial charge in [0.2, 0.25) is 0 Å². The van der Waals surface area contributed by atoms with Gasteiger partial charge in [0, 0.05) is 0 Å². The zero-order chi connectivity index (χ0) is 20.8. The first-order valence-corrected chi connectivity index (χ1v) is 11.0. The summed E-state index contributed by atoms with van der Waals surface area (Å²) in [6, 6.07) is 31.3. The highest BCUT2D eigenvalue weighted by Gasteiger charge is 2.17. The van der Waals surface area contributed by atoms with Crippen LogP contribution in [-0.2, 0) is 0 Å². The fourth-order valence-electron chi connectivity index (χ4n) is 4.97. The van der Waals surface area contributed by atoms with E-state index in [1.165, 1.54) is 54.3 Å². The van der Waals surface area contributed by atoms with Gasteiger partial charge in [-0.15, -0.1) is 0 Å². The van der Waals surface area contributed by atoms with Crippen LogP contribution in [0.2, 0.25) is 0 Å². The maximum Gasteiger partial charge on any atom is -0.00140 e. The minimum absolute atomic E-state index is 0.494. The average molecular weight is 389 g/mol. The largest absolute Gasteiger partial charge is 0.0619 e. The molecule has 0 fully saturated rings. The Hall–Kier alpha value is -3.12. The van der Waals surface area contributed by atoms with Crippen LogP contribution in [0.3, 0.4) is 0 Å². The number of hydrogen-bond acceptors (Lipinski definition) is 0. The summed E-state index contributed by atoms with van der Waals surface area (Å²) in [7, 11) is 0. The van der Waals surface area contributed by atoms with Crippen molar-refractivity contribution in [1.29, 1.82) is 0 Å². The lowest BCUT2D eigenvalue weighted by atomic mass is 9.84. The molecule has 0 heterocycles. The molecule has 0 radical (unpaired) electrons. The smallest absolute Gasteiger partial charge is 0.00140 e. The molecule has 148 valence electrons. The Balaban J connectivity index is 1.89. The summed E-state index contributed by atoms with van der Waals surface area (Å²) in [6.45, 7) is 9.14. The van der Waals surface area contributed by atoms with Crippen molar-refractivity contribution in [3.63, 3.8) is 0 Å². The Morgan fingerprint density at radius 3 is 1.17 bits per heavy atom. The molecule has 0 saturated heterocycles. The second kappa shape index (κ2) is 7.29. The first-order chi connectivity index (χ1) is 14.6. The fraction of sp³-hybridized carbons (Fsp3) is 0.200. The van der Waals surface area contributed by atoms with Crippen molar-refractivity contribution in [2.75, 3.05) is 0 Å². The normalized spacial score (nSPS) is 11.9. The third-order valence-electron chi connectivity index (χ3n) is 6.42. The molecule has 0 N–H and O–H groups in total. The SMILES string of the molecule is CC(C)c1ccccc1-c1cccc2c1=c1c(-c3ccccc3C(C)C)cccc1=2. The monoisotopic (exact) mass is 388 g/mol. The van der Waals surface area contributed by atoms with Crippen molar-refractivity contribution < 1.29 is 0 Å². The Labute approximate surface area is 178 Å². The van der Waals surface area contributed by atoms with E-state index in [1.807, 2.05) is 0 Å². The van der Waals surface area contributed by atoms with Crippen LogP contribution in [0.5, 0.6) is 0 Å². The van der Waals surface area contributed by atoms with Gasteiger partial charge in [0.1, 0.15) is 0 Å². The Morgan fingerprint density at radius 2 is 0.767 bits per heavy atom. The van der Waals surface area contributed by atoms with E-state index in [4.69, 9.17) is 0 Å². The van der Waals surface area contributed by atoms with Crippen molar-refractivity contribution in [1.82, 2.24) is 0 Å². The maximum atomic E-state index is 2.30. The summed E-state index contributed by atoms with van der Waals surface area (Å²) in [5, 5.41) is 5.58. The quantitative estimate of drug-likeness (QED) is 0.291. The number of fused-ring (bicyclic) bond motifs is 2. The summed E-state index contributed by atoms with van der Waals surface area (Å²) in [5.41, 5.74) is 8.28. The maximum absolute atomic E-state index is 2.30. The van der Waals surface area contributed by atoms with Gasteiger partial charge in [-0.05, 0) is 66.1 Å². The van der Waals surface area contributed by atoms with Crippen LogP contribution in [0, 0.1) is 20.9 Å². The fourth-order valence-corrected chi connectivity index (χ4v) is 4.97. The van der Waals surface area contributed by atoms with E-state index < -0.39 is 0 Å². The highest BCUT2D eigenvalue weighted by atomic mass is 14.2. The second-order valence-corrected chi connectivity index (χ2v) is 8.94. The van der Waals surface area contributed by atoms with E-state index >= 15 is 0 Å². The van der Waals surface area contributed by atoms with E-state index in [1.54, 1.807) is 0 Å². The second-order valence-electron chi connectivity index (χ2n) is 8.94. The summed E-state index contributed by atoms with van der Waals surface area (Å²) >= 11 is 0. The summed E-state index contributed by atoms with van der Waals surface area (Å²) < 4.78 is 0. The summed E-state index contributed by atoms with van der Waals surface area (Å²) in [6.07, 6.45) is 0. The molecule has 4 aromatic carbocycles. The van der Waals surface area contributed by atoms with E-state index in [2.05, 4.69) is 113 Å². The molecule has 0 heteroatoms. The molecule has 0 unspecified atom stereocenters. The molecule has 0 bridgehead atoms. The molecule has 0 spiro atoms. The first-order valence-electron chi connectivity index (χ1n) is 11.0. The van der Waals surface area contributed by atoms with Crippen molar-refractivity contribution in [3.8, 4) is 22.3 Å². The van der Waals surface area contributed by atoms with Gasteiger partial charge >= 0.3 is 0 Å². The summed E-state index contributed by atoms with van der Waals surface area (Å²) in [4.78, 5) is 0. The lowest BCUT2D eigenvalue weighted by Crippen LogP contribution is -2.01. The zero-order valence-electron chi connectivity index (χ0n) is 18.2. The molecule has 4 aromatic rings. The minimum atomic E-state index is 0.494. The topological polar surface area (TPSA) is 0 Å². The van der Waals surface area contributed by atoms with Crippen LogP contribution in [-0.4, -0.2) is 0 Å². The molecular formula is C30H28. The molecule has 5 rings (SSSR count). The van der Waals surface area contributed by atoms with Crippen LogP contribution in [0.4, 0.5) is 0 Å². The van der Waals surface area contributed by atoms with Gasteiger partial charge in [-0.1, -0.05) is 113 Å². The number of hydrogen-bond donors (Lipinski definition) is 0. The van der Waals surface area contributed by atoms with Gasteiger partial charge in [0.15, 0.2) is 0 Å². The standard InChI is InChI=1S/C30H28/c1-19(2)21-11-5-7-13-23(21)25-15-9-17-27-28-18-10-16-26(30(28)29(25)27)24-14-8-6-12-22(24)20(3)4/h5-20H,1-4H3. The van der Waals surface area contributed by atoms with E-state index in [9.17, 15) is 0 Å². The molecule has 1 aliphatic carbocycles. The van der Waals surface area contributed by atoms with E-state index in [-0.39, 0.29) is 0 Å². The Morgan fingerprint density at radius 1 is 0.400 bits per heavy atom. The molecule has 0 saturated carbocycles. The van der Waals surface area contributed by atoms with Crippen LogP contribution in [0.1, 0.15) is 50.7 Å². The summed E-state index contributed by atoms with van der Waals surface area (Å²) in [5.74, 6) is 0.988. The molecule has 0 aliphatic heterocycles. The van der Waals surface area contributed by atoms with Crippen molar-refractivity contribution in [2.45, 2.75) is 39.5 Å². The molecule has 0 nitrogen and oxygen atoms in total. The van der Waals surface area contributed by atoms with E-state index in [0.29, 0.717) is 11.8 Å². The van der Waals surface area contributed by atoms with E-state index in [0.717, 1.165) is 0 Å². The minimum Gasteiger partial charge on any atom is -0.0619 e. The average Bonchev–Trinajstić information content (AvgIpc) is 2.76. The van der Waals surface area contributed by atoms with Crippen molar-refractivity contribution >= 4 is 0 Å². The highest BCUT2D eigenvalue weighted by Crippen LogP contribution is 2.36. The molecule has 0 amide bonds. The zero-order valence-corrected chi connectivity index (χ0v) is 18.2. The van der Waals surface area contributed by atoms with Gasteiger partial charge in [-0.25, -0.2) is 0 Å². The number of benzene rings is 4. The van der Waals surface area contributed by atoms with Gasteiger partial charge in [0.25, 0.3) is 0 Å². The van der Waals surface area contributed by atoms with Crippen LogP contribution >= 0.6 is 0 Å². The highest BCUT2D eigenvalue weighted by molar-refractivity contribution is 5.74. The molecule has 30 heavy (non-hydrogen) atoms. The van der Waals surface area contributed by atoms with Crippen LogP contribution in [0.15, 0.2) is 84.9 Å². The number of rotatable bonds is 4. The van der Waals surface area contributed by atoms with Crippen molar-refractivity contribution in [3.05, 3.63) is 117 Å². The third-order valence-corrected chi connectivity index (χ3v) is 6.42. The van der Waals surface area contributed by atoms with Gasteiger partial charge in [-0.3, -0.25) is 0 Å². The van der Waals surface area contributed by atoms with Crippen molar-refractivity contribution in [2.24, 2.45) is 0 Å². The lowest BCUT2D eigenvalue weighted by Gasteiger charge is -2.19. The Kier molecular flexibility index (Phi) is 4.59. The predicted octanol–water partition coefficient (Wildman–Crippen LogP) is 8.15. The Bertz CT molecular complexity index is 1330. The van der Waals surface area contributed by atoms with Gasteiger partial charge in [-0.2, -0.15) is 0 Å².